The third kappa shape index (κ3) is 7.17. The van der Waals surface area contributed by atoms with Crippen molar-refractivity contribution in [2.24, 2.45) is 10.2 Å². The fourth-order valence-electron chi connectivity index (χ4n) is 2.93. The fraction of sp³-hybridized carbons (Fsp3) is 0. The molecule has 4 aromatic rings. The lowest BCUT2D eigenvalue weighted by atomic mass is 10.2. The van der Waals surface area contributed by atoms with Crippen LogP contribution >= 0.6 is 69.6 Å². The van der Waals surface area contributed by atoms with Gasteiger partial charge in [-0.25, -0.2) is 5.43 Å². The van der Waals surface area contributed by atoms with E-state index in [0.717, 1.165) is 5.69 Å². The van der Waals surface area contributed by atoms with Crippen LogP contribution in [0.4, 0.5) is 23.3 Å². The monoisotopic (exact) mass is 611 g/mol. The van der Waals surface area contributed by atoms with Crippen LogP contribution in [-0.2, 0) is 0 Å². The van der Waals surface area contributed by atoms with Crippen LogP contribution in [0.2, 0.25) is 30.1 Å². The molecular formula is C24H15Cl6N7. The Balaban J connectivity index is 1.59. The molecule has 0 atom stereocenters. The number of nitrogens with one attached hydrogen (secondary N) is 3. The Bertz CT molecular complexity index is 1390. The number of aromatic nitrogens is 2. The predicted molar refractivity (Wildman–Crippen MR) is 157 cm³/mol. The van der Waals surface area contributed by atoms with E-state index in [9.17, 15) is 0 Å². The maximum absolute atomic E-state index is 6.24. The molecule has 7 nitrogen and oxygen atoms in total. The van der Waals surface area contributed by atoms with Gasteiger partial charge in [0.2, 0.25) is 5.95 Å². The third-order valence-electron chi connectivity index (χ3n) is 4.66. The van der Waals surface area contributed by atoms with Crippen molar-refractivity contribution in [3.63, 3.8) is 0 Å². The summed E-state index contributed by atoms with van der Waals surface area (Å²) in [6, 6.07) is 17.6. The molecule has 0 fully saturated rings. The van der Waals surface area contributed by atoms with Crippen molar-refractivity contribution in [2.75, 3.05) is 16.2 Å². The van der Waals surface area contributed by atoms with Crippen LogP contribution in [0.25, 0.3) is 0 Å². The zero-order valence-electron chi connectivity index (χ0n) is 18.5. The minimum Gasteiger partial charge on any atom is -0.340 e. The molecule has 3 N–H and O–H groups in total. The van der Waals surface area contributed by atoms with E-state index in [2.05, 4.69) is 36.3 Å². The summed E-state index contributed by atoms with van der Waals surface area (Å²) in [5.41, 5.74) is 7.32. The van der Waals surface area contributed by atoms with E-state index in [4.69, 9.17) is 69.6 Å². The molecule has 4 rings (SSSR count). The van der Waals surface area contributed by atoms with Crippen LogP contribution in [0, 0.1) is 0 Å². The van der Waals surface area contributed by atoms with Crippen LogP contribution in [-0.4, -0.2) is 22.4 Å². The van der Waals surface area contributed by atoms with Gasteiger partial charge in [0.1, 0.15) is 5.82 Å². The van der Waals surface area contributed by atoms with Gasteiger partial charge in [-0.3, -0.25) is 5.43 Å². The molecule has 0 bridgehead atoms. The van der Waals surface area contributed by atoms with E-state index in [1.807, 2.05) is 30.3 Å². The summed E-state index contributed by atoms with van der Waals surface area (Å²) in [5, 5.41) is 13.6. The van der Waals surface area contributed by atoms with Gasteiger partial charge >= 0.3 is 0 Å². The normalized spacial score (nSPS) is 11.3. The number of hydrogen-bond acceptors (Lipinski definition) is 7. The molecule has 1 heterocycles. The number of hydrazone groups is 2. The van der Waals surface area contributed by atoms with Crippen molar-refractivity contribution in [1.29, 1.82) is 0 Å². The number of benzene rings is 3. The van der Waals surface area contributed by atoms with Crippen molar-refractivity contribution >= 4 is 105 Å². The summed E-state index contributed by atoms with van der Waals surface area (Å²) in [4.78, 5) is 8.82. The van der Waals surface area contributed by atoms with Crippen molar-refractivity contribution in [3.05, 3.63) is 102 Å². The van der Waals surface area contributed by atoms with Gasteiger partial charge < -0.3 is 5.32 Å². The van der Waals surface area contributed by atoms with E-state index in [1.165, 1.54) is 12.4 Å². The summed E-state index contributed by atoms with van der Waals surface area (Å²) in [5.74, 6) is 0.965. The van der Waals surface area contributed by atoms with Gasteiger partial charge in [-0.2, -0.15) is 20.2 Å². The maximum Gasteiger partial charge on any atom is 0.247 e. The second kappa shape index (κ2) is 12.6. The third-order valence-corrected chi connectivity index (χ3v) is 6.96. The molecule has 0 spiro atoms. The molecule has 0 aliphatic carbocycles. The van der Waals surface area contributed by atoms with E-state index >= 15 is 0 Å². The second-order valence-corrected chi connectivity index (χ2v) is 9.59. The lowest BCUT2D eigenvalue weighted by Crippen LogP contribution is -2.04. The number of para-hydroxylation sites is 1. The largest absolute Gasteiger partial charge is 0.340 e. The predicted octanol–water partition coefficient (Wildman–Crippen LogP) is 9.03. The number of halogens is 6. The van der Waals surface area contributed by atoms with Crippen LogP contribution < -0.4 is 16.2 Å². The highest BCUT2D eigenvalue weighted by atomic mass is 35.5. The van der Waals surface area contributed by atoms with Crippen LogP contribution in [0.3, 0.4) is 0 Å². The lowest BCUT2D eigenvalue weighted by molar-refractivity contribution is 1.10. The molecule has 0 saturated heterocycles. The van der Waals surface area contributed by atoms with Crippen molar-refractivity contribution in [3.8, 4) is 0 Å². The van der Waals surface area contributed by atoms with Gasteiger partial charge in [0, 0.05) is 22.9 Å². The first kappa shape index (κ1) is 27.3. The van der Waals surface area contributed by atoms with E-state index in [-0.39, 0.29) is 16.0 Å². The Labute approximate surface area is 242 Å². The molecule has 0 saturated carbocycles. The SMILES string of the molecule is Clc1ccc(Cl)c(C=NNc2cc(Nc3ccccc3)nc(NN=Cc3c(Cl)ccc(Cl)c3Cl)n2)c1Cl. The topological polar surface area (TPSA) is 86.6 Å². The average molecular weight is 614 g/mol. The first-order valence-electron chi connectivity index (χ1n) is 10.4. The van der Waals surface area contributed by atoms with E-state index < -0.39 is 0 Å². The van der Waals surface area contributed by atoms with E-state index in [1.54, 1.807) is 30.3 Å². The first-order chi connectivity index (χ1) is 17.8. The Hall–Kier alpha value is -2.78. The molecule has 0 aliphatic heterocycles. The Morgan fingerprint density at radius 3 is 1.70 bits per heavy atom. The summed E-state index contributed by atoms with van der Waals surface area (Å²) in [6.45, 7) is 0. The van der Waals surface area contributed by atoms with Crippen molar-refractivity contribution in [2.45, 2.75) is 0 Å². The van der Waals surface area contributed by atoms with Gasteiger partial charge in [0.15, 0.2) is 5.82 Å². The number of rotatable bonds is 8. The number of anilines is 4. The van der Waals surface area contributed by atoms with Crippen LogP contribution in [0.15, 0.2) is 70.9 Å². The molecule has 1 aromatic heterocycles. The highest BCUT2D eigenvalue weighted by Crippen LogP contribution is 2.31. The standard InChI is InChI=1S/C24H15Cl6N7/c25-16-6-8-18(27)22(29)14(16)11-31-36-21-10-20(33-13-4-2-1-3-5-13)34-24(35-21)37-32-12-15-17(26)7-9-19(28)23(15)30/h1-12H,(H3,33,34,35,36,37). The average Bonchev–Trinajstić information content (AvgIpc) is 2.88. The molecule has 0 amide bonds. The Kier molecular flexibility index (Phi) is 9.32. The minimum atomic E-state index is 0.156. The van der Waals surface area contributed by atoms with Gasteiger partial charge in [0.05, 0.1) is 42.6 Å². The molecule has 188 valence electrons. The second-order valence-electron chi connectivity index (χ2n) is 7.21. The molecule has 37 heavy (non-hydrogen) atoms. The Morgan fingerprint density at radius 2 is 1.11 bits per heavy atom. The molecule has 0 radical (unpaired) electrons. The van der Waals surface area contributed by atoms with Gasteiger partial charge in [0.25, 0.3) is 0 Å². The molecule has 0 unspecified atom stereocenters. The van der Waals surface area contributed by atoms with Crippen LogP contribution in [0.1, 0.15) is 11.1 Å². The number of hydrogen-bond donors (Lipinski definition) is 3. The number of nitrogens with zero attached hydrogens (tertiary/aromatic N) is 4. The minimum absolute atomic E-state index is 0.156. The molecule has 3 aromatic carbocycles. The van der Waals surface area contributed by atoms with Gasteiger partial charge in [-0.1, -0.05) is 87.8 Å². The van der Waals surface area contributed by atoms with Gasteiger partial charge in [-0.15, -0.1) is 0 Å². The lowest BCUT2D eigenvalue weighted by Gasteiger charge is -2.10. The molecule has 0 aliphatic rings. The zero-order valence-corrected chi connectivity index (χ0v) is 23.0. The molecular weight excluding hydrogens is 599 g/mol. The smallest absolute Gasteiger partial charge is 0.247 e. The van der Waals surface area contributed by atoms with Crippen molar-refractivity contribution < 1.29 is 0 Å². The zero-order chi connectivity index (χ0) is 26.4. The maximum atomic E-state index is 6.24. The Morgan fingerprint density at radius 1 is 0.595 bits per heavy atom. The van der Waals surface area contributed by atoms with E-state index in [0.29, 0.717) is 42.9 Å². The summed E-state index contributed by atoms with van der Waals surface area (Å²) < 4.78 is 0. The molecule has 13 heteroatoms. The first-order valence-corrected chi connectivity index (χ1v) is 12.6. The fourth-order valence-corrected chi connectivity index (χ4v) is 4.19. The van der Waals surface area contributed by atoms with Gasteiger partial charge in [-0.05, 0) is 36.4 Å². The summed E-state index contributed by atoms with van der Waals surface area (Å²) >= 11 is 37.0. The quantitative estimate of drug-likeness (QED) is 0.105. The van der Waals surface area contributed by atoms with Crippen molar-refractivity contribution in [1.82, 2.24) is 9.97 Å². The summed E-state index contributed by atoms with van der Waals surface area (Å²) in [7, 11) is 0. The highest BCUT2D eigenvalue weighted by molar-refractivity contribution is 6.46. The highest BCUT2D eigenvalue weighted by Gasteiger charge is 2.10. The summed E-state index contributed by atoms with van der Waals surface area (Å²) in [6.07, 6.45) is 2.86. The van der Waals surface area contributed by atoms with Crippen LogP contribution in [0.5, 0.6) is 0 Å².